The van der Waals surface area contributed by atoms with Crippen LogP contribution in [0.15, 0.2) is 24.3 Å². The van der Waals surface area contributed by atoms with Crippen molar-refractivity contribution in [3.8, 4) is 5.75 Å². The minimum absolute atomic E-state index is 0.0293. The maximum Gasteiger partial charge on any atom is 0.510 e. The van der Waals surface area contributed by atoms with E-state index in [1.165, 1.54) is 0 Å². The molecule has 2 N–H and O–H groups in total. The number of likely N-dealkylation sites (tertiary alicyclic amines) is 1. The van der Waals surface area contributed by atoms with Crippen LogP contribution in [0.2, 0.25) is 0 Å². The van der Waals surface area contributed by atoms with Crippen LogP contribution in [0.4, 0.5) is 4.79 Å². The Kier molecular flexibility index (Phi) is 9.87. The summed E-state index contributed by atoms with van der Waals surface area (Å²) in [7, 11) is 1.57. The summed E-state index contributed by atoms with van der Waals surface area (Å²) in [6.07, 6.45) is 3.40. The third kappa shape index (κ3) is 6.90. The van der Waals surface area contributed by atoms with Crippen molar-refractivity contribution in [2.24, 2.45) is 17.8 Å². The summed E-state index contributed by atoms with van der Waals surface area (Å²) in [5.41, 5.74) is 1.11. The molecule has 0 radical (unpaired) electrons. The maximum atomic E-state index is 14.0. The van der Waals surface area contributed by atoms with Crippen LogP contribution in [0.25, 0.3) is 10.9 Å². The molecule has 5 rings (SSSR count). The largest absolute Gasteiger partial charge is 0.510 e. The van der Waals surface area contributed by atoms with Crippen molar-refractivity contribution in [3.05, 3.63) is 30.0 Å². The van der Waals surface area contributed by atoms with E-state index in [0.717, 1.165) is 36.6 Å². The second-order valence-corrected chi connectivity index (χ2v) is 12.2. The second-order valence-electron chi connectivity index (χ2n) is 12.2. The normalized spacial score (nSPS) is 23.5. The third-order valence-corrected chi connectivity index (χ3v) is 8.99. The topological polar surface area (TPSA) is 153 Å². The third-order valence-electron chi connectivity index (χ3n) is 8.99. The average molecular weight is 612 g/mol. The molecule has 238 valence electrons. The zero-order valence-electron chi connectivity index (χ0n) is 25.5. The maximum absolute atomic E-state index is 14.0. The van der Waals surface area contributed by atoms with Gasteiger partial charge >= 0.3 is 6.16 Å². The summed E-state index contributed by atoms with van der Waals surface area (Å²) in [6, 6.07) is 5.51. The fourth-order valence-corrected chi connectivity index (χ4v) is 6.93. The molecule has 2 heterocycles. The van der Waals surface area contributed by atoms with Gasteiger partial charge in [0.25, 0.3) is 5.91 Å². The summed E-state index contributed by atoms with van der Waals surface area (Å²) < 4.78 is 20.4. The second kappa shape index (κ2) is 13.8. The fraction of sp³-hybridized carbons (Fsp3) is 0.594. The van der Waals surface area contributed by atoms with E-state index < -0.39 is 43.3 Å². The molecule has 1 aromatic heterocycles. The highest BCUT2D eigenvalue weighted by Crippen LogP contribution is 2.43. The molecule has 12 heteroatoms. The number of ether oxygens (including phenoxy) is 4. The Morgan fingerprint density at radius 2 is 1.93 bits per heavy atom. The Labute approximate surface area is 256 Å². The van der Waals surface area contributed by atoms with E-state index in [2.05, 4.69) is 10.3 Å². The Morgan fingerprint density at radius 3 is 2.66 bits per heavy atom. The number of carbonyl (C=O) groups excluding carboxylic acids is 5. The molecule has 12 nitrogen and oxygen atoms in total. The quantitative estimate of drug-likeness (QED) is 0.207. The molecule has 5 atom stereocenters. The van der Waals surface area contributed by atoms with Crippen molar-refractivity contribution in [1.29, 1.82) is 0 Å². The summed E-state index contributed by atoms with van der Waals surface area (Å²) in [5.74, 6) is -0.632. The molecule has 44 heavy (non-hydrogen) atoms. The molecule has 1 aliphatic heterocycles. The molecule has 2 aromatic rings. The standard InChI is InChI=1S/C32H41N3O9/c1-18(2)44-32(40)43-17-42-16-27(37)24(13-19-7-5-11-26(19)36)34-30(38)29-21-9-4-8-20(21)15-35(29)31(39)25-14-22-23(33-25)10-6-12-28(22)41-3/h6,10,12,14,18-21,24,29,33H,4-5,7-9,11,13,15-17H2,1-3H3,(H,34,38). The van der Waals surface area contributed by atoms with E-state index in [1.54, 1.807) is 31.9 Å². The van der Waals surface area contributed by atoms with Crippen LogP contribution in [0.1, 0.15) is 69.3 Å². The van der Waals surface area contributed by atoms with Crippen molar-refractivity contribution in [2.75, 3.05) is 27.1 Å². The Hall–Kier alpha value is -3.93. The zero-order valence-corrected chi connectivity index (χ0v) is 25.5. The number of amides is 2. The molecule has 5 unspecified atom stereocenters. The van der Waals surface area contributed by atoms with Gasteiger partial charge in [0.05, 0.1) is 19.3 Å². The number of ketones is 2. The first-order valence-corrected chi connectivity index (χ1v) is 15.4. The lowest BCUT2D eigenvalue weighted by Gasteiger charge is -2.29. The minimum atomic E-state index is -0.994. The summed E-state index contributed by atoms with van der Waals surface area (Å²) in [4.78, 5) is 70.1. The van der Waals surface area contributed by atoms with Gasteiger partial charge < -0.3 is 34.1 Å². The highest BCUT2D eigenvalue weighted by atomic mass is 16.8. The minimum Gasteiger partial charge on any atom is -0.496 e. The number of hydrogen-bond acceptors (Lipinski definition) is 9. The van der Waals surface area contributed by atoms with Crippen LogP contribution in [0.3, 0.4) is 0 Å². The molecule has 3 aliphatic rings. The van der Waals surface area contributed by atoms with Gasteiger partial charge in [-0.1, -0.05) is 12.5 Å². The number of rotatable bonds is 12. The molecular formula is C32H41N3O9. The van der Waals surface area contributed by atoms with E-state index in [0.29, 0.717) is 30.8 Å². The number of nitrogens with zero attached hydrogens (tertiary/aromatic N) is 1. The van der Waals surface area contributed by atoms with Gasteiger partial charge in [-0.15, -0.1) is 0 Å². The van der Waals surface area contributed by atoms with Crippen molar-refractivity contribution in [2.45, 2.75) is 77.0 Å². The molecule has 1 saturated heterocycles. The van der Waals surface area contributed by atoms with Gasteiger partial charge in [-0.25, -0.2) is 4.79 Å². The molecule has 0 bridgehead atoms. The molecule has 2 saturated carbocycles. The number of carbonyl (C=O) groups is 5. The van der Waals surface area contributed by atoms with Crippen molar-refractivity contribution in [1.82, 2.24) is 15.2 Å². The van der Waals surface area contributed by atoms with E-state index in [9.17, 15) is 24.0 Å². The van der Waals surface area contributed by atoms with Crippen LogP contribution in [-0.4, -0.2) is 84.7 Å². The summed E-state index contributed by atoms with van der Waals surface area (Å²) in [5, 5.41) is 3.67. The first-order chi connectivity index (χ1) is 21.2. The Balaban J connectivity index is 1.31. The van der Waals surface area contributed by atoms with Gasteiger partial charge in [0.1, 0.15) is 29.9 Å². The first kappa shape index (κ1) is 31.5. The van der Waals surface area contributed by atoms with Gasteiger partial charge in [0.15, 0.2) is 12.6 Å². The van der Waals surface area contributed by atoms with Crippen LogP contribution in [-0.2, 0) is 28.6 Å². The number of fused-ring (bicyclic) bond motifs is 2. The average Bonchev–Trinajstić information content (AvgIpc) is 3.78. The zero-order chi connectivity index (χ0) is 31.4. The van der Waals surface area contributed by atoms with E-state index in [1.807, 2.05) is 18.2 Å². The van der Waals surface area contributed by atoms with Crippen molar-refractivity contribution in [3.63, 3.8) is 0 Å². The van der Waals surface area contributed by atoms with Crippen LogP contribution < -0.4 is 10.1 Å². The smallest absolute Gasteiger partial charge is 0.496 e. The number of nitrogens with one attached hydrogen (secondary N) is 2. The lowest BCUT2D eigenvalue weighted by atomic mass is 9.91. The number of hydrogen-bond donors (Lipinski definition) is 2. The fourth-order valence-electron chi connectivity index (χ4n) is 6.93. The molecular weight excluding hydrogens is 570 g/mol. The SMILES string of the molecule is COc1cccc2[nH]c(C(=O)N3CC4CCCC4C3C(=O)NC(CC3CCCC3=O)C(=O)COCOC(=O)OC(C)C)cc12. The predicted octanol–water partition coefficient (Wildman–Crippen LogP) is 3.77. The molecule has 3 fully saturated rings. The molecule has 2 aliphatic carbocycles. The number of benzene rings is 1. The van der Waals surface area contributed by atoms with E-state index in [-0.39, 0.29) is 42.0 Å². The van der Waals surface area contributed by atoms with Crippen molar-refractivity contribution >= 4 is 40.4 Å². The molecule has 2 amide bonds. The lowest BCUT2D eigenvalue weighted by molar-refractivity contribution is -0.136. The monoisotopic (exact) mass is 611 g/mol. The Bertz CT molecular complexity index is 1400. The number of aromatic nitrogens is 1. The van der Waals surface area contributed by atoms with Crippen LogP contribution >= 0.6 is 0 Å². The van der Waals surface area contributed by atoms with Crippen molar-refractivity contribution < 1.29 is 42.9 Å². The number of aromatic amines is 1. The summed E-state index contributed by atoms with van der Waals surface area (Å²) >= 11 is 0. The van der Waals surface area contributed by atoms with Gasteiger partial charge in [0.2, 0.25) is 5.91 Å². The van der Waals surface area contributed by atoms with Gasteiger partial charge in [-0.3, -0.25) is 19.2 Å². The lowest BCUT2D eigenvalue weighted by Crippen LogP contribution is -2.53. The number of Topliss-reactive ketones (excluding diaryl/α,β-unsaturated/α-hetero) is 2. The highest BCUT2D eigenvalue weighted by Gasteiger charge is 2.50. The van der Waals surface area contributed by atoms with Crippen LogP contribution in [0, 0.1) is 17.8 Å². The van der Waals surface area contributed by atoms with Crippen LogP contribution in [0.5, 0.6) is 5.75 Å². The number of H-pyrrole nitrogens is 1. The van der Waals surface area contributed by atoms with Gasteiger partial charge in [-0.2, -0.15) is 0 Å². The molecule has 1 aromatic carbocycles. The summed E-state index contributed by atoms with van der Waals surface area (Å²) in [6.45, 7) is 2.86. The number of methoxy groups -OCH3 is 1. The van der Waals surface area contributed by atoms with E-state index >= 15 is 0 Å². The highest BCUT2D eigenvalue weighted by molar-refractivity contribution is 6.02. The Morgan fingerprint density at radius 1 is 1.11 bits per heavy atom. The van der Waals surface area contributed by atoms with Gasteiger partial charge in [0, 0.05) is 29.8 Å². The van der Waals surface area contributed by atoms with E-state index in [4.69, 9.17) is 18.9 Å². The first-order valence-electron chi connectivity index (χ1n) is 15.4. The predicted molar refractivity (Wildman–Crippen MR) is 158 cm³/mol. The molecule has 0 spiro atoms. The van der Waals surface area contributed by atoms with Gasteiger partial charge in [-0.05, 0) is 76.0 Å².